The van der Waals surface area contributed by atoms with Crippen molar-refractivity contribution in [2.45, 2.75) is 6.92 Å². The molecule has 15 heavy (non-hydrogen) atoms. The monoisotopic (exact) mass is 202 g/mol. The number of nitrogens with zero attached hydrogens (tertiary/aromatic N) is 1. The summed E-state index contributed by atoms with van der Waals surface area (Å²) >= 11 is 0. The van der Waals surface area contributed by atoms with E-state index in [9.17, 15) is 4.39 Å². The lowest BCUT2D eigenvalue weighted by atomic mass is 10.0. The van der Waals surface area contributed by atoms with Crippen LogP contribution in [0.5, 0.6) is 0 Å². The molecule has 0 saturated carbocycles. The van der Waals surface area contributed by atoms with Gasteiger partial charge in [-0.15, -0.1) is 0 Å². The van der Waals surface area contributed by atoms with Crippen molar-refractivity contribution in [3.63, 3.8) is 0 Å². The Balaban J connectivity index is 2.50. The number of anilines is 1. The van der Waals surface area contributed by atoms with Crippen molar-refractivity contribution < 1.29 is 4.39 Å². The maximum Gasteiger partial charge on any atom is 0.142 e. The fourth-order valence-electron chi connectivity index (χ4n) is 1.39. The van der Waals surface area contributed by atoms with Gasteiger partial charge in [0.1, 0.15) is 5.82 Å². The van der Waals surface area contributed by atoms with Crippen LogP contribution in [-0.2, 0) is 0 Å². The molecule has 0 aliphatic rings. The van der Waals surface area contributed by atoms with Crippen LogP contribution in [0.4, 0.5) is 10.1 Å². The molecule has 1 heterocycles. The SMILES string of the molecule is Cc1ccc(-c2cncc(F)c2)cc1N. The second-order valence-electron chi connectivity index (χ2n) is 3.46. The van der Waals surface area contributed by atoms with Gasteiger partial charge in [-0.05, 0) is 30.2 Å². The quantitative estimate of drug-likeness (QED) is 0.722. The second-order valence-corrected chi connectivity index (χ2v) is 3.46. The van der Waals surface area contributed by atoms with Crippen LogP contribution in [0.15, 0.2) is 36.7 Å². The number of benzene rings is 1. The van der Waals surface area contributed by atoms with Crippen LogP contribution in [0.3, 0.4) is 0 Å². The molecule has 0 fully saturated rings. The van der Waals surface area contributed by atoms with E-state index in [1.54, 1.807) is 6.20 Å². The van der Waals surface area contributed by atoms with E-state index >= 15 is 0 Å². The van der Waals surface area contributed by atoms with Gasteiger partial charge in [0.25, 0.3) is 0 Å². The standard InChI is InChI=1S/C12H11FN2/c1-8-2-3-9(5-12(8)14)10-4-11(13)7-15-6-10/h2-7H,14H2,1H3. The van der Waals surface area contributed by atoms with E-state index in [4.69, 9.17) is 5.73 Å². The van der Waals surface area contributed by atoms with Gasteiger partial charge in [-0.1, -0.05) is 12.1 Å². The first-order valence-electron chi connectivity index (χ1n) is 4.64. The lowest BCUT2D eigenvalue weighted by molar-refractivity contribution is 0.622. The van der Waals surface area contributed by atoms with Gasteiger partial charge < -0.3 is 5.73 Å². The van der Waals surface area contributed by atoms with Crippen molar-refractivity contribution in [1.82, 2.24) is 4.98 Å². The van der Waals surface area contributed by atoms with Gasteiger partial charge in [0.2, 0.25) is 0 Å². The highest BCUT2D eigenvalue weighted by Gasteiger charge is 2.01. The maximum atomic E-state index is 12.9. The molecule has 2 N–H and O–H groups in total. The van der Waals surface area contributed by atoms with Crippen LogP contribution >= 0.6 is 0 Å². The highest BCUT2D eigenvalue weighted by Crippen LogP contribution is 2.23. The zero-order valence-electron chi connectivity index (χ0n) is 8.37. The molecule has 0 aliphatic carbocycles. The summed E-state index contributed by atoms with van der Waals surface area (Å²) in [5.41, 5.74) is 9.12. The van der Waals surface area contributed by atoms with Crippen LogP contribution in [0.25, 0.3) is 11.1 Å². The molecule has 0 amide bonds. The van der Waals surface area contributed by atoms with E-state index in [0.29, 0.717) is 5.69 Å². The van der Waals surface area contributed by atoms with Gasteiger partial charge in [-0.2, -0.15) is 0 Å². The second kappa shape index (κ2) is 3.69. The molecular formula is C12H11FN2. The molecule has 0 atom stereocenters. The third-order valence-electron chi connectivity index (χ3n) is 2.32. The summed E-state index contributed by atoms with van der Waals surface area (Å²) in [6, 6.07) is 7.08. The van der Waals surface area contributed by atoms with Gasteiger partial charge in [0, 0.05) is 17.4 Å². The van der Waals surface area contributed by atoms with Crippen LogP contribution < -0.4 is 5.73 Å². The number of hydrogen-bond acceptors (Lipinski definition) is 2. The van der Waals surface area contributed by atoms with Crippen molar-refractivity contribution in [3.8, 4) is 11.1 Å². The Morgan fingerprint density at radius 2 is 1.93 bits per heavy atom. The fourth-order valence-corrected chi connectivity index (χ4v) is 1.39. The van der Waals surface area contributed by atoms with E-state index in [-0.39, 0.29) is 5.82 Å². The van der Waals surface area contributed by atoms with Gasteiger partial charge in [-0.25, -0.2) is 4.39 Å². The minimum Gasteiger partial charge on any atom is -0.398 e. The summed E-state index contributed by atoms with van der Waals surface area (Å²) in [6.45, 7) is 1.93. The number of halogens is 1. The number of aryl methyl sites for hydroxylation is 1. The Morgan fingerprint density at radius 3 is 2.60 bits per heavy atom. The first-order chi connectivity index (χ1) is 7.16. The molecule has 0 radical (unpaired) electrons. The Kier molecular flexibility index (Phi) is 2.37. The van der Waals surface area contributed by atoms with E-state index in [0.717, 1.165) is 16.7 Å². The largest absolute Gasteiger partial charge is 0.398 e. The lowest BCUT2D eigenvalue weighted by Crippen LogP contribution is -1.90. The third kappa shape index (κ3) is 1.96. The molecule has 0 aliphatic heterocycles. The molecule has 0 unspecified atom stereocenters. The molecule has 3 heteroatoms. The first-order valence-corrected chi connectivity index (χ1v) is 4.64. The molecule has 2 rings (SSSR count). The Hall–Kier alpha value is -1.90. The minimum absolute atomic E-state index is 0.341. The van der Waals surface area contributed by atoms with Crippen molar-refractivity contribution >= 4 is 5.69 Å². The molecule has 0 bridgehead atoms. The van der Waals surface area contributed by atoms with Crippen molar-refractivity contribution in [1.29, 1.82) is 0 Å². The zero-order chi connectivity index (χ0) is 10.8. The average Bonchev–Trinajstić information content (AvgIpc) is 2.22. The summed E-state index contributed by atoms with van der Waals surface area (Å²) in [5, 5.41) is 0. The molecular weight excluding hydrogens is 191 g/mol. The van der Waals surface area contributed by atoms with Gasteiger partial charge in [0.05, 0.1) is 6.20 Å². The smallest absolute Gasteiger partial charge is 0.142 e. The van der Waals surface area contributed by atoms with Crippen molar-refractivity contribution in [2.75, 3.05) is 5.73 Å². The molecule has 76 valence electrons. The molecule has 2 nitrogen and oxygen atoms in total. The number of nitrogen functional groups attached to an aromatic ring is 1. The summed E-state index contributed by atoms with van der Waals surface area (Å²) in [4.78, 5) is 3.80. The summed E-state index contributed by atoms with van der Waals surface area (Å²) in [6.07, 6.45) is 2.80. The normalized spacial score (nSPS) is 10.3. The van der Waals surface area contributed by atoms with E-state index in [1.165, 1.54) is 12.3 Å². The average molecular weight is 202 g/mol. The van der Waals surface area contributed by atoms with Gasteiger partial charge in [0.15, 0.2) is 0 Å². The van der Waals surface area contributed by atoms with Crippen LogP contribution in [0.2, 0.25) is 0 Å². The Bertz CT molecular complexity index is 495. The molecule has 1 aromatic carbocycles. The van der Waals surface area contributed by atoms with E-state index < -0.39 is 0 Å². The van der Waals surface area contributed by atoms with Gasteiger partial charge in [-0.3, -0.25) is 4.98 Å². The number of nitrogens with two attached hydrogens (primary N) is 1. The fraction of sp³-hybridized carbons (Fsp3) is 0.0833. The maximum absolute atomic E-state index is 12.9. The summed E-state index contributed by atoms with van der Waals surface area (Å²) in [7, 11) is 0. The van der Waals surface area contributed by atoms with Crippen LogP contribution in [0, 0.1) is 12.7 Å². The topological polar surface area (TPSA) is 38.9 Å². The molecule has 1 aromatic heterocycles. The molecule has 0 saturated heterocycles. The Labute approximate surface area is 87.6 Å². The van der Waals surface area contributed by atoms with E-state index in [1.807, 2.05) is 25.1 Å². The molecule has 2 aromatic rings. The number of aromatic nitrogens is 1. The Morgan fingerprint density at radius 1 is 1.13 bits per heavy atom. The molecule has 0 spiro atoms. The number of rotatable bonds is 1. The number of pyridine rings is 1. The summed E-state index contributed by atoms with van der Waals surface area (Å²) < 4.78 is 12.9. The van der Waals surface area contributed by atoms with Crippen LogP contribution in [0.1, 0.15) is 5.56 Å². The highest BCUT2D eigenvalue weighted by atomic mass is 19.1. The lowest BCUT2D eigenvalue weighted by Gasteiger charge is -2.04. The van der Waals surface area contributed by atoms with Crippen LogP contribution in [-0.4, -0.2) is 4.98 Å². The number of hydrogen-bond donors (Lipinski definition) is 1. The summed E-state index contributed by atoms with van der Waals surface area (Å²) in [5.74, 6) is -0.341. The first kappa shape index (κ1) is 9.65. The minimum atomic E-state index is -0.341. The predicted molar refractivity (Wildman–Crippen MR) is 58.8 cm³/mol. The third-order valence-corrected chi connectivity index (χ3v) is 2.32. The highest BCUT2D eigenvalue weighted by molar-refractivity contribution is 5.68. The predicted octanol–water partition coefficient (Wildman–Crippen LogP) is 2.78. The zero-order valence-corrected chi connectivity index (χ0v) is 8.37. The van der Waals surface area contributed by atoms with Crippen molar-refractivity contribution in [2.24, 2.45) is 0 Å². The van der Waals surface area contributed by atoms with Crippen molar-refractivity contribution in [3.05, 3.63) is 48.0 Å². The van der Waals surface area contributed by atoms with E-state index in [2.05, 4.69) is 4.98 Å². The van der Waals surface area contributed by atoms with Gasteiger partial charge >= 0.3 is 0 Å².